The molecule has 0 saturated heterocycles. The van der Waals surface area contributed by atoms with E-state index in [0.717, 1.165) is 53.7 Å². The van der Waals surface area contributed by atoms with E-state index in [9.17, 15) is 14.0 Å². The summed E-state index contributed by atoms with van der Waals surface area (Å²) in [5, 5.41) is 12.6. The highest BCUT2D eigenvalue weighted by molar-refractivity contribution is 14.1. The maximum atomic E-state index is 13.8. The molecule has 0 aliphatic heterocycles. The summed E-state index contributed by atoms with van der Waals surface area (Å²) in [7, 11) is 0. The van der Waals surface area contributed by atoms with Crippen LogP contribution in [0.2, 0.25) is 0 Å². The van der Waals surface area contributed by atoms with Crippen molar-refractivity contribution in [2.45, 2.75) is 46.2 Å². The highest BCUT2D eigenvalue weighted by atomic mass is 127. The van der Waals surface area contributed by atoms with E-state index >= 15 is 0 Å². The van der Waals surface area contributed by atoms with Gasteiger partial charge in [-0.2, -0.15) is 0 Å². The quantitative estimate of drug-likeness (QED) is 0.111. The molecule has 0 bridgehead atoms. The Hall–Kier alpha value is -3.24. The van der Waals surface area contributed by atoms with Gasteiger partial charge in [0.2, 0.25) is 0 Å². The molecule has 4 N–H and O–H groups in total. The van der Waals surface area contributed by atoms with E-state index in [2.05, 4.69) is 114 Å². The van der Waals surface area contributed by atoms with Crippen molar-refractivity contribution in [3.8, 4) is 0 Å². The second kappa shape index (κ2) is 17.1. The van der Waals surface area contributed by atoms with Crippen molar-refractivity contribution in [2.75, 3.05) is 10.6 Å². The van der Waals surface area contributed by atoms with Gasteiger partial charge in [-0.05, 0) is 191 Å². The molecular formula is C39H36FI3N4O2. The largest absolute Gasteiger partial charge is 0.355 e. The van der Waals surface area contributed by atoms with Crippen molar-refractivity contribution in [3.63, 3.8) is 0 Å². The number of rotatable bonds is 9. The van der Waals surface area contributed by atoms with Gasteiger partial charge in [-0.1, -0.05) is 29.8 Å². The Morgan fingerprint density at radius 2 is 1.18 bits per heavy atom. The zero-order valence-electron chi connectivity index (χ0n) is 27.3. The van der Waals surface area contributed by atoms with Crippen LogP contribution in [0.3, 0.4) is 0 Å². The first-order valence-corrected chi connectivity index (χ1v) is 19.0. The molecule has 0 unspecified atom stereocenters. The molecule has 1 fully saturated rings. The predicted molar refractivity (Wildman–Crippen MR) is 223 cm³/mol. The van der Waals surface area contributed by atoms with E-state index in [0.29, 0.717) is 23.8 Å². The molecule has 6 rings (SSSR count). The maximum Gasteiger partial charge on any atom is 0.253 e. The average molecular weight is 992 g/mol. The lowest BCUT2D eigenvalue weighted by molar-refractivity contribution is 0.0943. The van der Waals surface area contributed by atoms with Crippen LogP contribution in [0.1, 0.15) is 55.8 Å². The lowest BCUT2D eigenvalue weighted by Gasteiger charge is -2.14. The highest BCUT2D eigenvalue weighted by Gasteiger charge is 2.25. The number of hydrogen-bond donors (Lipinski definition) is 4. The van der Waals surface area contributed by atoms with Gasteiger partial charge in [0.15, 0.2) is 0 Å². The van der Waals surface area contributed by atoms with E-state index < -0.39 is 5.82 Å². The Morgan fingerprint density at radius 3 is 1.73 bits per heavy atom. The van der Waals surface area contributed by atoms with Crippen LogP contribution >= 0.6 is 67.8 Å². The fourth-order valence-corrected chi connectivity index (χ4v) is 6.83. The van der Waals surface area contributed by atoms with Crippen LogP contribution < -0.4 is 21.3 Å². The molecule has 0 radical (unpaired) electrons. The predicted octanol–water partition coefficient (Wildman–Crippen LogP) is 10.6. The summed E-state index contributed by atoms with van der Waals surface area (Å²) in [6.07, 6.45) is 2.18. The smallest absolute Gasteiger partial charge is 0.253 e. The normalized spacial score (nSPS) is 12.0. The minimum atomic E-state index is -0.444. The molecule has 252 valence electrons. The molecular weight excluding hydrogens is 956 g/mol. The molecule has 0 heterocycles. The number of halogens is 4. The number of aryl methyl sites for hydroxylation is 3. The maximum absolute atomic E-state index is 13.8. The van der Waals surface area contributed by atoms with Crippen LogP contribution in [-0.4, -0.2) is 17.9 Å². The summed E-state index contributed by atoms with van der Waals surface area (Å²) >= 11 is 6.79. The van der Waals surface area contributed by atoms with Crippen LogP contribution in [0.15, 0.2) is 97.1 Å². The van der Waals surface area contributed by atoms with E-state index in [1.54, 1.807) is 6.07 Å². The van der Waals surface area contributed by atoms with Crippen molar-refractivity contribution in [2.24, 2.45) is 0 Å². The Bertz CT molecular complexity index is 2000. The molecule has 0 aromatic heterocycles. The van der Waals surface area contributed by atoms with Crippen LogP contribution in [0.4, 0.5) is 27.1 Å². The second-order valence-corrected chi connectivity index (χ2v) is 15.7. The third-order valence-electron chi connectivity index (χ3n) is 7.82. The van der Waals surface area contributed by atoms with Gasteiger partial charge < -0.3 is 21.3 Å². The minimum Gasteiger partial charge on any atom is -0.355 e. The summed E-state index contributed by atoms with van der Waals surface area (Å²) in [5.41, 5.74) is 8.67. The van der Waals surface area contributed by atoms with Gasteiger partial charge in [0.1, 0.15) is 5.82 Å². The van der Waals surface area contributed by atoms with Crippen LogP contribution in [0, 0.1) is 37.3 Å². The van der Waals surface area contributed by atoms with Crippen molar-refractivity contribution in [1.29, 1.82) is 0 Å². The molecule has 10 heteroatoms. The van der Waals surface area contributed by atoms with Gasteiger partial charge in [-0.25, -0.2) is 4.39 Å². The molecule has 6 nitrogen and oxygen atoms in total. The second-order valence-electron chi connectivity index (χ2n) is 12.0. The lowest BCUT2D eigenvalue weighted by atomic mass is 10.1. The SMILES string of the molecule is Cc1cc(I)ccc1Nc1ccc(I)cc1C(=O)NC1CC1.Cc1cccc(CNC(=O)c2cc(F)ccc2Nc2ccc(I)cc2C)c1. The van der Waals surface area contributed by atoms with Gasteiger partial charge in [0.05, 0.1) is 22.5 Å². The van der Waals surface area contributed by atoms with Crippen molar-refractivity contribution >= 4 is 102 Å². The Kier molecular flexibility index (Phi) is 12.9. The number of benzene rings is 5. The number of nitrogens with one attached hydrogen (secondary N) is 4. The molecule has 0 atom stereocenters. The lowest BCUT2D eigenvalue weighted by Crippen LogP contribution is -2.26. The number of anilines is 4. The Morgan fingerprint density at radius 1 is 0.653 bits per heavy atom. The van der Waals surface area contributed by atoms with Gasteiger partial charge in [0.25, 0.3) is 11.8 Å². The summed E-state index contributed by atoms with van der Waals surface area (Å²) < 4.78 is 17.2. The standard InChI is InChI=1S/C22H20FIN2O.C17H16I2N2O/c1-14-4-3-5-16(10-14)13-25-22(27)19-12-17(23)6-8-21(19)26-20-9-7-18(24)11-15(20)2;1-10-8-11(18)2-6-15(10)21-16-7-3-12(19)9-14(16)17(22)20-13-4-5-13/h3-12,26H,13H2,1-2H3,(H,25,27);2-3,6-9,13,21H,4-5H2,1H3,(H,20,22). The van der Waals surface area contributed by atoms with Gasteiger partial charge >= 0.3 is 0 Å². The third kappa shape index (κ3) is 10.9. The van der Waals surface area contributed by atoms with Crippen LogP contribution in [0.25, 0.3) is 0 Å². The van der Waals surface area contributed by atoms with Crippen LogP contribution in [0.5, 0.6) is 0 Å². The molecule has 1 aliphatic carbocycles. The first kappa shape index (κ1) is 37.0. The fraction of sp³-hybridized carbons (Fsp3) is 0.179. The molecule has 0 spiro atoms. The molecule has 1 saturated carbocycles. The topological polar surface area (TPSA) is 82.3 Å². The summed E-state index contributed by atoms with van der Waals surface area (Å²) in [4.78, 5) is 25.1. The average Bonchev–Trinajstić information content (AvgIpc) is 3.88. The molecule has 5 aromatic rings. The first-order valence-electron chi connectivity index (χ1n) is 15.7. The molecule has 1 aliphatic rings. The number of carbonyl (C=O) groups excluding carboxylic acids is 2. The van der Waals surface area contributed by atoms with E-state index in [1.165, 1.54) is 21.3 Å². The zero-order valence-corrected chi connectivity index (χ0v) is 33.7. The minimum absolute atomic E-state index is 0.00619. The Labute approximate surface area is 327 Å². The number of carbonyl (C=O) groups is 2. The molecule has 5 aromatic carbocycles. The van der Waals surface area contributed by atoms with Crippen LogP contribution in [-0.2, 0) is 6.54 Å². The van der Waals surface area contributed by atoms with E-state index in [-0.39, 0.29) is 17.4 Å². The summed E-state index contributed by atoms with van der Waals surface area (Å²) in [6.45, 7) is 6.45. The van der Waals surface area contributed by atoms with Gasteiger partial charge in [-0.3, -0.25) is 9.59 Å². The van der Waals surface area contributed by atoms with Gasteiger partial charge in [-0.15, -0.1) is 0 Å². The third-order valence-corrected chi connectivity index (χ3v) is 9.83. The molecule has 49 heavy (non-hydrogen) atoms. The van der Waals surface area contributed by atoms with Crippen molar-refractivity contribution in [1.82, 2.24) is 10.6 Å². The van der Waals surface area contributed by atoms with Crippen molar-refractivity contribution in [3.05, 3.63) is 147 Å². The Balaban J connectivity index is 0.000000195. The fourth-order valence-electron chi connectivity index (χ4n) is 5.04. The monoisotopic (exact) mass is 992 g/mol. The van der Waals surface area contributed by atoms with Gasteiger partial charge in [0, 0.05) is 34.7 Å². The van der Waals surface area contributed by atoms with Crippen molar-refractivity contribution < 1.29 is 14.0 Å². The number of hydrogen-bond acceptors (Lipinski definition) is 4. The van der Waals surface area contributed by atoms with E-state index in [4.69, 9.17) is 0 Å². The summed E-state index contributed by atoms with van der Waals surface area (Å²) in [5.74, 6) is -0.756. The first-order chi connectivity index (χ1) is 23.4. The van der Waals surface area contributed by atoms with E-state index in [1.807, 2.05) is 74.5 Å². The molecule has 2 amide bonds. The summed E-state index contributed by atoms with van der Waals surface area (Å²) in [6, 6.07) is 30.6. The zero-order chi connectivity index (χ0) is 35.1. The number of amides is 2. The highest BCUT2D eigenvalue weighted by Crippen LogP contribution is 2.28.